The van der Waals surface area contributed by atoms with Crippen LogP contribution in [-0.2, 0) is 7.05 Å². The number of nitrogens with zero attached hydrogens (tertiary/aromatic N) is 4. The Morgan fingerprint density at radius 3 is 2.39 bits per heavy atom. The second-order valence-corrected chi connectivity index (χ2v) is 4.75. The fourth-order valence-corrected chi connectivity index (χ4v) is 2.45. The molecule has 0 bridgehead atoms. The zero-order valence-corrected chi connectivity index (χ0v) is 11.7. The van der Waals surface area contributed by atoms with E-state index >= 15 is 0 Å². The van der Waals surface area contributed by atoms with E-state index < -0.39 is 0 Å². The number of para-hydroxylation sites is 1. The molecule has 1 aromatic heterocycles. The zero-order valence-electron chi connectivity index (χ0n) is 10.8. The Morgan fingerprint density at radius 2 is 1.67 bits per heavy atom. The smallest absolute Gasteiger partial charge is 0.158 e. The van der Waals surface area contributed by atoms with Crippen LogP contribution < -0.4 is 4.90 Å². The first kappa shape index (κ1) is 13.2. The van der Waals surface area contributed by atoms with Gasteiger partial charge in [0.1, 0.15) is 0 Å². The molecule has 0 atom stereocenters. The maximum absolute atomic E-state index is 4.66. The lowest BCUT2D eigenvalue weighted by Crippen LogP contribution is -2.44. The number of aryl methyl sites for hydroxylation is 1. The van der Waals surface area contributed by atoms with Crippen LogP contribution in [0.2, 0.25) is 0 Å². The van der Waals surface area contributed by atoms with Gasteiger partial charge in [-0.15, -0.1) is 12.4 Å². The van der Waals surface area contributed by atoms with Crippen molar-refractivity contribution in [3.8, 4) is 0 Å². The van der Waals surface area contributed by atoms with Crippen molar-refractivity contribution < 1.29 is 0 Å². The second kappa shape index (κ2) is 5.16. The fourth-order valence-electron chi connectivity index (χ4n) is 2.45. The number of anilines is 1. The van der Waals surface area contributed by atoms with Gasteiger partial charge in [0.05, 0.1) is 5.52 Å². The highest BCUT2D eigenvalue weighted by Gasteiger charge is 2.19. The molecule has 1 aromatic carbocycles. The summed E-state index contributed by atoms with van der Waals surface area (Å²) in [6, 6.07) is 8.44. The minimum Gasteiger partial charge on any atom is -0.352 e. The predicted molar refractivity (Wildman–Crippen MR) is 77.7 cm³/mol. The first-order valence-electron chi connectivity index (χ1n) is 6.11. The average molecular weight is 267 g/mol. The molecule has 5 heteroatoms. The van der Waals surface area contributed by atoms with Gasteiger partial charge in [0.2, 0.25) is 0 Å². The van der Waals surface area contributed by atoms with Gasteiger partial charge in [0.25, 0.3) is 0 Å². The van der Waals surface area contributed by atoms with Crippen molar-refractivity contribution in [3.63, 3.8) is 0 Å². The van der Waals surface area contributed by atoms with Crippen LogP contribution >= 0.6 is 12.4 Å². The van der Waals surface area contributed by atoms with Gasteiger partial charge in [-0.2, -0.15) is 5.10 Å². The largest absolute Gasteiger partial charge is 0.352 e. The maximum atomic E-state index is 4.66. The van der Waals surface area contributed by atoms with Gasteiger partial charge in [0.15, 0.2) is 5.82 Å². The topological polar surface area (TPSA) is 24.3 Å². The highest BCUT2D eigenvalue weighted by atomic mass is 35.5. The van der Waals surface area contributed by atoms with Crippen LogP contribution in [0, 0.1) is 0 Å². The van der Waals surface area contributed by atoms with Crippen molar-refractivity contribution in [3.05, 3.63) is 24.3 Å². The number of fused-ring (bicyclic) bond motifs is 1. The summed E-state index contributed by atoms with van der Waals surface area (Å²) in [4.78, 5) is 4.75. The molecule has 0 unspecified atom stereocenters. The third-order valence-electron chi connectivity index (χ3n) is 3.54. The molecule has 1 saturated heterocycles. The van der Waals surface area contributed by atoms with Crippen molar-refractivity contribution in [1.82, 2.24) is 14.7 Å². The SMILES string of the molecule is CN1CCN(c2nn(C)c3ccccc23)CC1.Cl. The molecule has 1 aliphatic heterocycles. The van der Waals surface area contributed by atoms with E-state index in [4.69, 9.17) is 0 Å². The number of likely N-dealkylation sites (N-methyl/N-ethyl adjacent to an activating group) is 1. The molecule has 98 valence electrons. The Balaban J connectivity index is 0.00000120. The Labute approximate surface area is 114 Å². The van der Waals surface area contributed by atoms with Crippen LogP contribution in [0.25, 0.3) is 10.9 Å². The number of rotatable bonds is 1. The van der Waals surface area contributed by atoms with Crippen LogP contribution in [0.1, 0.15) is 0 Å². The van der Waals surface area contributed by atoms with Gasteiger partial charge in [-0.25, -0.2) is 0 Å². The van der Waals surface area contributed by atoms with E-state index in [2.05, 4.69) is 46.2 Å². The van der Waals surface area contributed by atoms with Crippen molar-refractivity contribution in [2.24, 2.45) is 7.05 Å². The standard InChI is InChI=1S/C13H18N4.ClH/c1-15-7-9-17(10-8-15)13-11-5-3-4-6-12(11)16(2)14-13;/h3-6H,7-10H2,1-2H3;1H. The molecule has 18 heavy (non-hydrogen) atoms. The van der Waals surface area contributed by atoms with Gasteiger partial charge in [0, 0.05) is 38.6 Å². The highest BCUT2D eigenvalue weighted by Crippen LogP contribution is 2.25. The highest BCUT2D eigenvalue weighted by molar-refractivity contribution is 5.90. The Morgan fingerprint density at radius 1 is 1.00 bits per heavy atom. The van der Waals surface area contributed by atoms with Gasteiger partial charge in [-0.1, -0.05) is 12.1 Å². The van der Waals surface area contributed by atoms with E-state index in [1.165, 1.54) is 10.9 Å². The summed E-state index contributed by atoms with van der Waals surface area (Å²) in [5.74, 6) is 1.14. The van der Waals surface area contributed by atoms with Crippen LogP contribution in [0.4, 0.5) is 5.82 Å². The van der Waals surface area contributed by atoms with Crippen LogP contribution in [0.15, 0.2) is 24.3 Å². The molecule has 2 aromatic rings. The number of hydrogen-bond acceptors (Lipinski definition) is 3. The molecule has 1 fully saturated rings. The van der Waals surface area contributed by atoms with E-state index in [-0.39, 0.29) is 12.4 Å². The molecule has 0 spiro atoms. The maximum Gasteiger partial charge on any atom is 0.158 e. The summed E-state index contributed by atoms with van der Waals surface area (Å²) in [5.41, 5.74) is 1.21. The summed E-state index contributed by atoms with van der Waals surface area (Å²) >= 11 is 0. The monoisotopic (exact) mass is 266 g/mol. The fraction of sp³-hybridized carbons (Fsp3) is 0.462. The first-order valence-corrected chi connectivity index (χ1v) is 6.11. The lowest BCUT2D eigenvalue weighted by Gasteiger charge is -2.32. The lowest BCUT2D eigenvalue weighted by molar-refractivity contribution is 0.312. The van der Waals surface area contributed by atoms with Crippen LogP contribution in [0.5, 0.6) is 0 Å². The number of piperazine rings is 1. The molecule has 4 nitrogen and oxygen atoms in total. The van der Waals surface area contributed by atoms with Gasteiger partial charge < -0.3 is 9.80 Å². The Kier molecular flexibility index (Phi) is 3.78. The van der Waals surface area contributed by atoms with Gasteiger partial charge in [-0.05, 0) is 19.2 Å². The molecular weight excluding hydrogens is 248 g/mol. The van der Waals surface area contributed by atoms with Crippen molar-refractivity contribution in [2.45, 2.75) is 0 Å². The lowest BCUT2D eigenvalue weighted by atomic mass is 10.2. The minimum atomic E-state index is 0. The molecule has 0 N–H and O–H groups in total. The Hall–Kier alpha value is -1.26. The summed E-state index contributed by atoms with van der Waals surface area (Å²) in [6.07, 6.45) is 0. The number of benzene rings is 1. The van der Waals surface area contributed by atoms with E-state index in [0.29, 0.717) is 0 Å². The van der Waals surface area contributed by atoms with E-state index in [1.54, 1.807) is 0 Å². The van der Waals surface area contributed by atoms with E-state index in [0.717, 1.165) is 32.0 Å². The van der Waals surface area contributed by atoms with Crippen molar-refractivity contribution in [1.29, 1.82) is 0 Å². The minimum absolute atomic E-state index is 0. The van der Waals surface area contributed by atoms with Crippen molar-refractivity contribution in [2.75, 3.05) is 38.1 Å². The molecule has 2 heterocycles. The molecular formula is C13H19ClN4. The normalized spacial score (nSPS) is 16.9. The van der Waals surface area contributed by atoms with Crippen molar-refractivity contribution >= 4 is 29.1 Å². The molecule has 0 radical (unpaired) electrons. The van der Waals surface area contributed by atoms with Gasteiger partial charge in [-0.3, -0.25) is 4.68 Å². The quantitative estimate of drug-likeness (QED) is 0.786. The van der Waals surface area contributed by atoms with Crippen LogP contribution in [-0.4, -0.2) is 47.9 Å². The number of halogens is 1. The number of aromatic nitrogens is 2. The third kappa shape index (κ3) is 2.18. The number of hydrogen-bond donors (Lipinski definition) is 0. The summed E-state index contributed by atoms with van der Waals surface area (Å²) in [7, 11) is 4.19. The van der Waals surface area contributed by atoms with E-state index in [9.17, 15) is 0 Å². The van der Waals surface area contributed by atoms with Gasteiger partial charge >= 0.3 is 0 Å². The van der Waals surface area contributed by atoms with Crippen LogP contribution in [0.3, 0.4) is 0 Å². The first-order chi connectivity index (χ1) is 8.25. The predicted octanol–water partition coefficient (Wildman–Crippen LogP) is 1.75. The third-order valence-corrected chi connectivity index (χ3v) is 3.54. The Bertz CT molecular complexity index is 529. The molecule has 3 rings (SSSR count). The summed E-state index contributed by atoms with van der Waals surface area (Å²) in [5, 5.41) is 5.93. The average Bonchev–Trinajstić information content (AvgIpc) is 2.69. The molecule has 0 saturated carbocycles. The molecule has 1 aliphatic rings. The second-order valence-electron chi connectivity index (χ2n) is 4.75. The zero-order chi connectivity index (χ0) is 11.8. The summed E-state index contributed by atoms with van der Waals surface area (Å²) in [6.45, 7) is 4.37. The molecule has 0 aliphatic carbocycles. The molecule has 0 amide bonds. The van der Waals surface area contributed by atoms with E-state index in [1.807, 2.05) is 11.7 Å². The summed E-state index contributed by atoms with van der Waals surface area (Å²) < 4.78 is 1.98.